The average Bonchev–Trinajstić information content (AvgIpc) is 2.32. The van der Waals surface area contributed by atoms with Crippen LogP contribution in [0.4, 0.5) is 8.78 Å². The molecule has 100 valence electrons. The van der Waals surface area contributed by atoms with E-state index in [0.717, 1.165) is 16.4 Å². The van der Waals surface area contributed by atoms with Crippen LogP contribution in [0, 0.1) is 11.6 Å². The summed E-state index contributed by atoms with van der Waals surface area (Å²) in [5.41, 5.74) is 0. The van der Waals surface area contributed by atoms with E-state index in [-0.39, 0.29) is 18.0 Å². The highest BCUT2D eigenvalue weighted by atomic mass is 32.2. The summed E-state index contributed by atoms with van der Waals surface area (Å²) in [4.78, 5) is -0.296. The van der Waals surface area contributed by atoms with Gasteiger partial charge in [0.05, 0.1) is 11.0 Å². The summed E-state index contributed by atoms with van der Waals surface area (Å²) in [5, 5.41) is 9.45. The second-order valence-corrected chi connectivity index (χ2v) is 6.17. The SMILES string of the molecule is O=S(=O)(c1ccc(F)c(F)c1)N1CCC[C@H](O)C1. The first-order valence-corrected chi connectivity index (χ1v) is 6.98. The van der Waals surface area contributed by atoms with Gasteiger partial charge in [-0.15, -0.1) is 0 Å². The van der Waals surface area contributed by atoms with E-state index in [9.17, 15) is 22.3 Å². The van der Waals surface area contributed by atoms with Crippen molar-refractivity contribution in [1.82, 2.24) is 4.31 Å². The van der Waals surface area contributed by atoms with Gasteiger partial charge < -0.3 is 5.11 Å². The highest BCUT2D eigenvalue weighted by Gasteiger charge is 2.29. The van der Waals surface area contributed by atoms with Crippen molar-refractivity contribution in [3.05, 3.63) is 29.8 Å². The van der Waals surface area contributed by atoms with E-state index in [0.29, 0.717) is 18.9 Å². The maximum absolute atomic E-state index is 13.0. The van der Waals surface area contributed by atoms with Crippen LogP contribution >= 0.6 is 0 Å². The minimum Gasteiger partial charge on any atom is -0.392 e. The third-order valence-corrected chi connectivity index (χ3v) is 4.75. The summed E-state index contributed by atoms with van der Waals surface area (Å²) >= 11 is 0. The molecule has 0 unspecified atom stereocenters. The molecule has 1 aromatic carbocycles. The summed E-state index contributed by atoms with van der Waals surface area (Å²) in [7, 11) is -3.87. The zero-order valence-corrected chi connectivity index (χ0v) is 10.3. The maximum atomic E-state index is 13.0. The smallest absolute Gasteiger partial charge is 0.243 e. The molecule has 0 bridgehead atoms. The molecule has 1 atom stereocenters. The molecule has 0 aliphatic carbocycles. The van der Waals surface area contributed by atoms with Gasteiger partial charge in [-0.05, 0) is 31.0 Å². The van der Waals surface area contributed by atoms with Crippen molar-refractivity contribution in [2.24, 2.45) is 0 Å². The van der Waals surface area contributed by atoms with Crippen molar-refractivity contribution < 1.29 is 22.3 Å². The van der Waals surface area contributed by atoms with Gasteiger partial charge in [-0.25, -0.2) is 17.2 Å². The molecule has 7 heteroatoms. The van der Waals surface area contributed by atoms with Gasteiger partial charge in [0, 0.05) is 13.1 Å². The van der Waals surface area contributed by atoms with Gasteiger partial charge in [-0.1, -0.05) is 0 Å². The number of aliphatic hydroxyl groups excluding tert-OH is 1. The number of nitrogens with zero attached hydrogens (tertiary/aromatic N) is 1. The van der Waals surface area contributed by atoms with Gasteiger partial charge in [-0.2, -0.15) is 4.31 Å². The standard InChI is InChI=1S/C11H13F2NO3S/c12-10-4-3-9(6-11(10)13)18(16,17)14-5-1-2-8(15)7-14/h3-4,6,8,15H,1-2,5,7H2/t8-/m0/s1. The van der Waals surface area contributed by atoms with Crippen molar-refractivity contribution in [2.45, 2.75) is 23.8 Å². The quantitative estimate of drug-likeness (QED) is 0.881. The lowest BCUT2D eigenvalue weighted by atomic mass is 10.1. The molecule has 0 saturated carbocycles. The van der Waals surface area contributed by atoms with Crippen LogP contribution in [0.5, 0.6) is 0 Å². The van der Waals surface area contributed by atoms with Crippen LogP contribution in [0.3, 0.4) is 0 Å². The zero-order chi connectivity index (χ0) is 13.3. The van der Waals surface area contributed by atoms with E-state index in [1.165, 1.54) is 0 Å². The van der Waals surface area contributed by atoms with E-state index in [1.54, 1.807) is 0 Å². The highest BCUT2D eigenvalue weighted by molar-refractivity contribution is 7.89. The van der Waals surface area contributed by atoms with Crippen molar-refractivity contribution in [3.8, 4) is 0 Å². The summed E-state index contributed by atoms with van der Waals surface area (Å²) in [6.07, 6.45) is 0.382. The molecule has 1 aliphatic heterocycles. The van der Waals surface area contributed by atoms with Gasteiger partial charge in [-0.3, -0.25) is 0 Å². The molecule has 1 aromatic rings. The topological polar surface area (TPSA) is 57.6 Å². The monoisotopic (exact) mass is 277 g/mol. The predicted octanol–water partition coefficient (Wildman–Crippen LogP) is 1.11. The molecule has 1 saturated heterocycles. The first-order valence-electron chi connectivity index (χ1n) is 5.54. The van der Waals surface area contributed by atoms with Crippen molar-refractivity contribution in [3.63, 3.8) is 0 Å². The number of benzene rings is 1. The molecule has 4 nitrogen and oxygen atoms in total. The van der Waals surface area contributed by atoms with Crippen molar-refractivity contribution in [1.29, 1.82) is 0 Å². The minimum atomic E-state index is -3.87. The molecule has 0 spiro atoms. The van der Waals surface area contributed by atoms with Crippen molar-refractivity contribution >= 4 is 10.0 Å². The third kappa shape index (κ3) is 2.52. The summed E-state index contributed by atoms with van der Waals surface area (Å²) in [6, 6.07) is 2.46. The van der Waals surface area contributed by atoms with E-state index in [2.05, 4.69) is 0 Å². The van der Waals surface area contributed by atoms with Crippen LogP contribution in [-0.4, -0.2) is 37.0 Å². The van der Waals surface area contributed by atoms with Gasteiger partial charge in [0.25, 0.3) is 0 Å². The van der Waals surface area contributed by atoms with Gasteiger partial charge in [0.1, 0.15) is 0 Å². The Bertz CT molecular complexity index is 547. The van der Waals surface area contributed by atoms with Gasteiger partial charge >= 0.3 is 0 Å². The van der Waals surface area contributed by atoms with Crippen LogP contribution < -0.4 is 0 Å². The van der Waals surface area contributed by atoms with Crippen LogP contribution in [0.2, 0.25) is 0 Å². The fourth-order valence-electron chi connectivity index (χ4n) is 1.93. The van der Waals surface area contributed by atoms with Gasteiger partial charge in [0.15, 0.2) is 11.6 Å². The number of sulfonamides is 1. The highest BCUT2D eigenvalue weighted by Crippen LogP contribution is 2.22. The van der Waals surface area contributed by atoms with E-state index >= 15 is 0 Å². The molecule has 0 radical (unpaired) electrons. The number of hydrogen-bond acceptors (Lipinski definition) is 3. The Morgan fingerprint density at radius 2 is 2.00 bits per heavy atom. The largest absolute Gasteiger partial charge is 0.392 e. The molecule has 1 heterocycles. The maximum Gasteiger partial charge on any atom is 0.243 e. The Morgan fingerprint density at radius 1 is 1.28 bits per heavy atom. The van der Waals surface area contributed by atoms with Crippen LogP contribution in [0.25, 0.3) is 0 Å². The zero-order valence-electron chi connectivity index (χ0n) is 9.51. The third-order valence-electron chi connectivity index (χ3n) is 2.89. The molecule has 1 N–H and O–H groups in total. The lowest BCUT2D eigenvalue weighted by Crippen LogP contribution is -2.42. The van der Waals surface area contributed by atoms with E-state index < -0.39 is 27.8 Å². The Kier molecular flexibility index (Phi) is 3.65. The number of rotatable bonds is 2. The molecular formula is C11H13F2NO3S. The van der Waals surface area contributed by atoms with Gasteiger partial charge in [0.2, 0.25) is 10.0 Å². The molecule has 1 aliphatic rings. The van der Waals surface area contributed by atoms with Crippen molar-refractivity contribution in [2.75, 3.05) is 13.1 Å². The fourth-order valence-corrected chi connectivity index (χ4v) is 3.45. The number of halogens is 2. The second kappa shape index (κ2) is 4.91. The van der Waals surface area contributed by atoms with Crippen LogP contribution in [0.1, 0.15) is 12.8 Å². The Morgan fingerprint density at radius 3 is 2.61 bits per heavy atom. The Hall–Kier alpha value is -1.05. The lowest BCUT2D eigenvalue weighted by molar-refractivity contribution is 0.108. The normalized spacial score (nSPS) is 22.1. The van der Waals surface area contributed by atoms with Crippen LogP contribution in [-0.2, 0) is 10.0 Å². The first-order chi connectivity index (χ1) is 8.41. The summed E-state index contributed by atoms with van der Waals surface area (Å²) < 4.78 is 51.1. The number of β-amino-alcohol motifs (C(OH)–C–C–N with tert-alkyl or cyclic N) is 1. The van der Waals surface area contributed by atoms with E-state index in [1.807, 2.05) is 0 Å². The molecule has 1 fully saturated rings. The summed E-state index contributed by atoms with van der Waals surface area (Å²) in [6.45, 7) is 0.264. The molecular weight excluding hydrogens is 264 g/mol. The molecule has 18 heavy (non-hydrogen) atoms. The molecule has 2 rings (SSSR count). The second-order valence-electron chi connectivity index (χ2n) is 4.24. The summed E-state index contributed by atoms with van der Waals surface area (Å²) in [5.74, 6) is -2.29. The fraction of sp³-hybridized carbons (Fsp3) is 0.455. The molecule has 0 aromatic heterocycles. The Labute approximate surface area is 104 Å². The Balaban J connectivity index is 2.32. The average molecular weight is 277 g/mol. The minimum absolute atomic E-state index is 0.0126. The number of aliphatic hydroxyl groups is 1. The number of piperidine rings is 1. The predicted molar refractivity (Wildman–Crippen MR) is 60.4 cm³/mol. The van der Waals surface area contributed by atoms with E-state index in [4.69, 9.17) is 0 Å². The lowest BCUT2D eigenvalue weighted by Gasteiger charge is -2.29. The van der Waals surface area contributed by atoms with Crippen LogP contribution in [0.15, 0.2) is 23.1 Å². The first kappa shape index (κ1) is 13.4. The molecule has 0 amide bonds. The number of hydrogen-bond donors (Lipinski definition) is 1.